The van der Waals surface area contributed by atoms with Crippen LogP contribution in [0.2, 0.25) is 0 Å². The number of benzene rings is 1. The Hall–Kier alpha value is -3.33. The van der Waals surface area contributed by atoms with Crippen LogP contribution in [-0.2, 0) is 17.6 Å². The second-order valence-electron chi connectivity index (χ2n) is 7.03. The number of carbonyl (C=O) groups excluding carboxylic acids is 3. The van der Waals surface area contributed by atoms with Gasteiger partial charge in [0.2, 0.25) is 0 Å². The Labute approximate surface area is 182 Å². The number of methoxy groups -OCH3 is 1. The van der Waals surface area contributed by atoms with Crippen molar-refractivity contribution in [2.75, 3.05) is 19.0 Å². The first-order valence-corrected chi connectivity index (χ1v) is 10.8. The van der Waals surface area contributed by atoms with Crippen LogP contribution in [0.1, 0.15) is 51.1 Å². The molecule has 162 valence electrons. The van der Waals surface area contributed by atoms with Crippen molar-refractivity contribution in [1.82, 2.24) is 5.32 Å². The summed E-state index contributed by atoms with van der Waals surface area (Å²) < 4.78 is 15.8. The van der Waals surface area contributed by atoms with E-state index in [2.05, 4.69) is 10.6 Å². The van der Waals surface area contributed by atoms with Gasteiger partial charge in [-0.15, -0.1) is 11.3 Å². The van der Waals surface area contributed by atoms with Crippen LogP contribution in [0.4, 0.5) is 9.80 Å². The molecule has 1 aromatic carbocycles. The Morgan fingerprint density at radius 1 is 1.16 bits per heavy atom. The maximum atomic E-state index is 12.9. The number of nitrogens with one attached hydrogen (secondary N) is 2. The summed E-state index contributed by atoms with van der Waals surface area (Å²) in [6.45, 7) is 1.81. The number of amides is 3. The summed E-state index contributed by atoms with van der Waals surface area (Å²) in [5.41, 5.74) is 1.66. The minimum absolute atomic E-state index is 0.0997. The second kappa shape index (κ2) is 8.81. The maximum absolute atomic E-state index is 12.9. The summed E-state index contributed by atoms with van der Waals surface area (Å²) in [4.78, 5) is 38.6. The lowest BCUT2D eigenvalue weighted by molar-refractivity contribution is 0.0925. The molecule has 31 heavy (non-hydrogen) atoms. The lowest BCUT2D eigenvalue weighted by Gasteiger charge is -2.12. The van der Waals surface area contributed by atoms with E-state index in [-0.39, 0.29) is 12.4 Å². The molecule has 3 amide bonds. The highest BCUT2D eigenvalue weighted by atomic mass is 32.1. The number of thiophene rings is 1. The summed E-state index contributed by atoms with van der Waals surface area (Å²) in [6.07, 6.45) is 2.69. The van der Waals surface area contributed by atoms with E-state index in [1.54, 1.807) is 19.1 Å². The van der Waals surface area contributed by atoms with E-state index in [0.717, 1.165) is 41.5 Å². The van der Waals surface area contributed by atoms with Gasteiger partial charge in [0, 0.05) is 10.3 Å². The van der Waals surface area contributed by atoms with Gasteiger partial charge in [-0.1, -0.05) is 12.1 Å². The monoisotopic (exact) mass is 442 g/mol. The number of alkyl carbamates (subject to hydrolysis) is 1. The van der Waals surface area contributed by atoms with Gasteiger partial charge in [-0.2, -0.15) is 0 Å². The molecule has 0 atom stereocenters. The Kier molecular flexibility index (Phi) is 5.94. The first-order chi connectivity index (χ1) is 15.0. The third-order valence-electron chi connectivity index (χ3n) is 5.07. The van der Waals surface area contributed by atoms with E-state index in [1.807, 2.05) is 12.1 Å². The van der Waals surface area contributed by atoms with Gasteiger partial charge in [-0.05, 0) is 50.3 Å². The minimum atomic E-state index is -0.815. The molecule has 2 aromatic heterocycles. The predicted octanol–water partition coefficient (Wildman–Crippen LogP) is 4.52. The van der Waals surface area contributed by atoms with Gasteiger partial charge in [0.1, 0.15) is 5.00 Å². The van der Waals surface area contributed by atoms with Crippen LogP contribution in [0, 0.1) is 0 Å². The molecule has 0 radical (unpaired) electrons. The van der Waals surface area contributed by atoms with Gasteiger partial charge in [0.15, 0.2) is 17.1 Å². The van der Waals surface area contributed by atoms with Crippen LogP contribution >= 0.6 is 11.3 Å². The number of imide groups is 1. The van der Waals surface area contributed by atoms with Gasteiger partial charge in [-0.3, -0.25) is 14.9 Å². The van der Waals surface area contributed by atoms with Gasteiger partial charge in [0.25, 0.3) is 11.8 Å². The Morgan fingerprint density at radius 2 is 1.97 bits per heavy atom. The van der Waals surface area contributed by atoms with Gasteiger partial charge < -0.3 is 19.2 Å². The van der Waals surface area contributed by atoms with Crippen molar-refractivity contribution >= 4 is 45.2 Å². The molecule has 0 bridgehead atoms. The Morgan fingerprint density at radius 3 is 2.74 bits per heavy atom. The largest absolute Gasteiger partial charge is 0.493 e. The number of rotatable bonds is 5. The minimum Gasteiger partial charge on any atom is -0.493 e. The summed E-state index contributed by atoms with van der Waals surface area (Å²) in [6, 6.07) is 7.00. The van der Waals surface area contributed by atoms with E-state index in [0.29, 0.717) is 21.9 Å². The number of aryl methyl sites for hydroxylation is 1. The van der Waals surface area contributed by atoms with Crippen LogP contribution in [0.25, 0.3) is 11.0 Å². The van der Waals surface area contributed by atoms with Crippen molar-refractivity contribution in [3.05, 3.63) is 46.0 Å². The fourth-order valence-electron chi connectivity index (χ4n) is 3.69. The van der Waals surface area contributed by atoms with Crippen LogP contribution in [-0.4, -0.2) is 31.6 Å². The number of hydrogen-bond acceptors (Lipinski definition) is 7. The zero-order valence-electron chi connectivity index (χ0n) is 17.2. The molecule has 1 aliphatic carbocycles. The first-order valence-electron chi connectivity index (χ1n) is 10.0. The molecule has 0 spiro atoms. The standard InChI is InChI=1S/C22H22N2O6S/c1-3-29-22(27)24-20(26)17-13-8-4-5-10-16(13)31-21(17)23-19(25)15-11-12-7-6-9-14(28-2)18(12)30-15/h6-7,9,11H,3-5,8,10H2,1-2H3,(H,23,25)(H,24,26,27). The van der Waals surface area contributed by atoms with Crippen LogP contribution in [0.15, 0.2) is 28.7 Å². The highest BCUT2D eigenvalue weighted by Gasteiger charge is 2.28. The molecule has 8 nitrogen and oxygen atoms in total. The lowest BCUT2D eigenvalue weighted by Crippen LogP contribution is -2.32. The summed E-state index contributed by atoms with van der Waals surface area (Å²) >= 11 is 1.36. The van der Waals surface area contributed by atoms with Crippen LogP contribution < -0.4 is 15.4 Å². The summed E-state index contributed by atoms with van der Waals surface area (Å²) in [5.74, 6) is -0.443. The van der Waals surface area contributed by atoms with E-state index in [4.69, 9.17) is 13.9 Å². The van der Waals surface area contributed by atoms with Crippen molar-refractivity contribution < 1.29 is 28.3 Å². The lowest BCUT2D eigenvalue weighted by atomic mass is 9.95. The maximum Gasteiger partial charge on any atom is 0.414 e. The Balaban J connectivity index is 1.65. The third kappa shape index (κ3) is 4.13. The molecule has 0 saturated heterocycles. The van der Waals surface area contributed by atoms with Crippen molar-refractivity contribution in [1.29, 1.82) is 0 Å². The summed E-state index contributed by atoms with van der Waals surface area (Å²) in [7, 11) is 1.53. The fourth-order valence-corrected chi connectivity index (χ4v) is 4.97. The van der Waals surface area contributed by atoms with E-state index in [1.165, 1.54) is 18.4 Å². The first kappa shape index (κ1) is 20.9. The number of fused-ring (bicyclic) bond motifs is 2. The van der Waals surface area contributed by atoms with Crippen molar-refractivity contribution in [3.8, 4) is 5.75 Å². The molecule has 0 unspecified atom stereocenters. The van der Waals surface area contributed by atoms with E-state index in [9.17, 15) is 14.4 Å². The van der Waals surface area contributed by atoms with E-state index >= 15 is 0 Å². The average molecular weight is 442 g/mol. The van der Waals surface area contributed by atoms with Gasteiger partial charge in [0.05, 0.1) is 19.3 Å². The number of anilines is 1. The number of para-hydroxylation sites is 1. The molecule has 2 heterocycles. The molecular formula is C22H22N2O6S. The van der Waals surface area contributed by atoms with Gasteiger partial charge >= 0.3 is 6.09 Å². The average Bonchev–Trinajstić information content (AvgIpc) is 3.34. The number of furan rings is 1. The fraction of sp³-hybridized carbons (Fsp3) is 0.318. The topological polar surface area (TPSA) is 107 Å². The highest BCUT2D eigenvalue weighted by molar-refractivity contribution is 7.17. The molecule has 1 aliphatic rings. The molecule has 0 saturated carbocycles. The molecular weight excluding hydrogens is 420 g/mol. The molecule has 0 aliphatic heterocycles. The van der Waals surface area contributed by atoms with Crippen molar-refractivity contribution in [2.24, 2.45) is 0 Å². The van der Waals surface area contributed by atoms with Gasteiger partial charge in [-0.25, -0.2) is 4.79 Å². The van der Waals surface area contributed by atoms with Crippen LogP contribution in [0.5, 0.6) is 5.75 Å². The molecule has 0 fully saturated rings. The van der Waals surface area contributed by atoms with Crippen molar-refractivity contribution in [3.63, 3.8) is 0 Å². The zero-order valence-corrected chi connectivity index (χ0v) is 18.0. The third-order valence-corrected chi connectivity index (χ3v) is 6.28. The summed E-state index contributed by atoms with van der Waals surface area (Å²) in [5, 5.41) is 6.17. The Bertz CT molecular complexity index is 1160. The predicted molar refractivity (Wildman–Crippen MR) is 116 cm³/mol. The van der Waals surface area contributed by atoms with Crippen molar-refractivity contribution in [2.45, 2.75) is 32.6 Å². The smallest absolute Gasteiger partial charge is 0.414 e. The molecule has 3 aromatic rings. The van der Waals surface area contributed by atoms with Crippen LogP contribution in [0.3, 0.4) is 0 Å². The molecule has 9 heteroatoms. The quantitative estimate of drug-likeness (QED) is 0.602. The number of hydrogen-bond donors (Lipinski definition) is 2. The normalized spacial score (nSPS) is 12.8. The zero-order chi connectivity index (χ0) is 22.0. The number of carbonyl (C=O) groups is 3. The molecule has 4 rings (SSSR count). The molecule has 2 N–H and O–H groups in total. The van der Waals surface area contributed by atoms with E-state index < -0.39 is 17.9 Å². The number of ether oxygens (including phenoxy) is 2. The SMILES string of the molecule is CCOC(=O)NC(=O)c1c(NC(=O)c2cc3cccc(OC)c3o2)sc2c1CCCC2. The second-order valence-corrected chi connectivity index (χ2v) is 8.14. The highest BCUT2D eigenvalue weighted by Crippen LogP contribution is 2.38.